The number of nitrogens with one attached hydrogen (secondary N) is 1. The van der Waals surface area contributed by atoms with Gasteiger partial charge in [0.1, 0.15) is 29.8 Å². The molecule has 2 heterocycles. The maximum atomic E-state index is 15.2. The number of rotatable bonds is 7. The number of carboxylic acids is 1. The number of aryl methyl sites for hydroxylation is 1. The SMILES string of the molecule is Cn1ccc(=O)n(-c2cccc3c(C[C@H](NC(=O)c4c(F)cc5nn(CC(F)(F)F)cc5c4F)C(=O)O)cccc23)c1=O. The summed E-state index contributed by atoms with van der Waals surface area (Å²) in [6, 6.07) is 9.47. The molecule has 5 rings (SSSR count). The van der Waals surface area contributed by atoms with Crippen molar-refractivity contribution in [2.75, 3.05) is 0 Å². The van der Waals surface area contributed by atoms with Gasteiger partial charge in [0.25, 0.3) is 11.5 Å². The molecule has 0 unspecified atom stereocenters. The molecule has 15 heteroatoms. The van der Waals surface area contributed by atoms with E-state index >= 15 is 4.39 Å². The van der Waals surface area contributed by atoms with E-state index in [4.69, 9.17) is 0 Å². The lowest BCUT2D eigenvalue weighted by Crippen LogP contribution is -2.43. The van der Waals surface area contributed by atoms with Crippen molar-refractivity contribution in [2.24, 2.45) is 7.05 Å². The number of hydrogen-bond acceptors (Lipinski definition) is 5. The van der Waals surface area contributed by atoms with Gasteiger partial charge in [-0.25, -0.2) is 22.9 Å². The molecular weight excluding hydrogens is 581 g/mol. The van der Waals surface area contributed by atoms with Crippen molar-refractivity contribution in [3.8, 4) is 5.69 Å². The van der Waals surface area contributed by atoms with E-state index in [1.165, 1.54) is 29.9 Å². The van der Waals surface area contributed by atoms with Crippen molar-refractivity contribution in [3.63, 3.8) is 0 Å². The third-order valence-electron chi connectivity index (χ3n) is 6.73. The van der Waals surface area contributed by atoms with Crippen LogP contribution in [0.25, 0.3) is 27.4 Å². The summed E-state index contributed by atoms with van der Waals surface area (Å²) in [7, 11) is 1.47. The number of aromatic nitrogens is 4. The van der Waals surface area contributed by atoms with Crippen LogP contribution in [0.4, 0.5) is 22.0 Å². The van der Waals surface area contributed by atoms with E-state index in [0.29, 0.717) is 33.3 Å². The third-order valence-corrected chi connectivity index (χ3v) is 6.73. The number of carbonyl (C=O) groups excluding carboxylic acids is 1. The summed E-state index contributed by atoms with van der Waals surface area (Å²) in [5, 5.41) is 15.7. The van der Waals surface area contributed by atoms with Gasteiger partial charge in [-0.05, 0) is 17.0 Å². The van der Waals surface area contributed by atoms with E-state index in [-0.39, 0.29) is 12.1 Å². The lowest BCUT2D eigenvalue weighted by Gasteiger charge is -2.17. The normalized spacial score (nSPS) is 12.5. The highest BCUT2D eigenvalue weighted by Crippen LogP contribution is 2.27. The molecule has 0 fully saturated rings. The topological polar surface area (TPSA) is 128 Å². The van der Waals surface area contributed by atoms with Crippen LogP contribution in [0.15, 0.2) is 70.5 Å². The Balaban J connectivity index is 1.49. The number of alkyl halides is 3. The number of hydrogen-bond donors (Lipinski definition) is 2. The van der Waals surface area contributed by atoms with Gasteiger partial charge < -0.3 is 15.0 Å². The van der Waals surface area contributed by atoms with Gasteiger partial charge >= 0.3 is 17.8 Å². The van der Waals surface area contributed by atoms with Crippen LogP contribution < -0.4 is 16.6 Å². The summed E-state index contributed by atoms with van der Waals surface area (Å²) in [5.41, 5.74) is -2.29. The van der Waals surface area contributed by atoms with E-state index < -0.39 is 70.0 Å². The second kappa shape index (κ2) is 10.8. The molecular formula is C28H20F5N5O5. The number of carbonyl (C=O) groups is 2. The Kier molecular flexibility index (Phi) is 7.33. The summed E-state index contributed by atoms with van der Waals surface area (Å²) >= 11 is 0. The molecule has 0 aliphatic carbocycles. The largest absolute Gasteiger partial charge is 0.480 e. The van der Waals surface area contributed by atoms with Crippen LogP contribution in [-0.2, 0) is 24.8 Å². The molecule has 2 N–H and O–H groups in total. The van der Waals surface area contributed by atoms with Crippen molar-refractivity contribution in [1.82, 2.24) is 24.2 Å². The number of amides is 1. The van der Waals surface area contributed by atoms with Crippen molar-refractivity contribution in [2.45, 2.75) is 25.2 Å². The highest BCUT2D eigenvalue weighted by molar-refractivity contribution is 6.00. The average Bonchev–Trinajstić information content (AvgIpc) is 3.31. The summed E-state index contributed by atoms with van der Waals surface area (Å²) < 4.78 is 70.7. The highest BCUT2D eigenvalue weighted by Gasteiger charge is 2.31. The lowest BCUT2D eigenvalue weighted by atomic mass is 9.97. The van der Waals surface area contributed by atoms with Gasteiger partial charge in [-0.3, -0.25) is 14.3 Å². The van der Waals surface area contributed by atoms with Crippen LogP contribution in [0.5, 0.6) is 0 Å². The number of benzene rings is 3. The van der Waals surface area contributed by atoms with Crippen LogP contribution in [-0.4, -0.2) is 48.1 Å². The molecule has 0 radical (unpaired) electrons. The molecule has 0 spiro atoms. The minimum atomic E-state index is -4.69. The van der Waals surface area contributed by atoms with Crippen LogP contribution in [0.2, 0.25) is 0 Å². The fourth-order valence-electron chi connectivity index (χ4n) is 4.79. The second-order valence-corrected chi connectivity index (χ2v) is 9.66. The fraction of sp³-hybridized carbons (Fsp3) is 0.179. The minimum absolute atomic E-state index is 0.227. The molecule has 0 bridgehead atoms. The van der Waals surface area contributed by atoms with E-state index in [9.17, 15) is 41.8 Å². The first-order valence-electron chi connectivity index (χ1n) is 12.5. The van der Waals surface area contributed by atoms with Gasteiger partial charge in [-0.15, -0.1) is 0 Å². The zero-order valence-corrected chi connectivity index (χ0v) is 22.0. The molecule has 2 aromatic heterocycles. The summed E-state index contributed by atoms with van der Waals surface area (Å²) in [4.78, 5) is 50.3. The highest BCUT2D eigenvalue weighted by atomic mass is 19.4. The van der Waals surface area contributed by atoms with E-state index in [1.54, 1.807) is 30.3 Å². The Morgan fingerprint density at radius 1 is 1.02 bits per heavy atom. The van der Waals surface area contributed by atoms with Crippen molar-refractivity contribution in [3.05, 3.63) is 105 Å². The molecule has 0 saturated carbocycles. The van der Waals surface area contributed by atoms with Crippen molar-refractivity contribution < 1.29 is 36.6 Å². The first-order chi connectivity index (χ1) is 20.2. The Labute approximate surface area is 237 Å². The first kappa shape index (κ1) is 29.2. The third kappa shape index (κ3) is 5.60. The molecule has 1 atom stereocenters. The maximum absolute atomic E-state index is 15.2. The molecule has 0 aliphatic rings. The average molecular weight is 601 g/mol. The monoisotopic (exact) mass is 601 g/mol. The van der Waals surface area contributed by atoms with Crippen LogP contribution in [0.1, 0.15) is 15.9 Å². The van der Waals surface area contributed by atoms with Crippen molar-refractivity contribution in [1.29, 1.82) is 0 Å². The maximum Gasteiger partial charge on any atom is 0.408 e. The van der Waals surface area contributed by atoms with Crippen LogP contribution >= 0.6 is 0 Å². The number of nitrogens with zero attached hydrogens (tertiary/aromatic N) is 4. The molecule has 222 valence electrons. The van der Waals surface area contributed by atoms with E-state index in [0.717, 1.165) is 4.57 Å². The number of carboxylic acid groups (broad SMARTS) is 1. The Morgan fingerprint density at radius 2 is 1.72 bits per heavy atom. The van der Waals surface area contributed by atoms with E-state index in [1.807, 2.05) is 0 Å². The lowest BCUT2D eigenvalue weighted by molar-refractivity contribution is -0.142. The summed E-state index contributed by atoms with van der Waals surface area (Å²) in [5.74, 6) is -5.95. The van der Waals surface area contributed by atoms with Gasteiger partial charge in [0, 0.05) is 43.4 Å². The van der Waals surface area contributed by atoms with Gasteiger partial charge in [-0.2, -0.15) is 18.3 Å². The smallest absolute Gasteiger partial charge is 0.408 e. The van der Waals surface area contributed by atoms with Crippen LogP contribution in [0.3, 0.4) is 0 Å². The van der Waals surface area contributed by atoms with Gasteiger partial charge in [0.15, 0.2) is 0 Å². The minimum Gasteiger partial charge on any atom is -0.480 e. The molecule has 3 aromatic carbocycles. The zero-order chi connectivity index (χ0) is 31.2. The Bertz CT molecular complexity index is 2050. The van der Waals surface area contributed by atoms with Gasteiger partial charge in [0.2, 0.25) is 0 Å². The van der Waals surface area contributed by atoms with Crippen molar-refractivity contribution >= 4 is 33.6 Å². The number of halogens is 5. The Morgan fingerprint density at radius 3 is 2.42 bits per heavy atom. The molecule has 0 saturated heterocycles. The second-order valence-electron chi connectivity index (χ2n) is 9.66. The molecule has 43 heavy (non-hydrogen) atoms. The molecule has 10 nitrogen and oxygen atoms in total. The van der Waals surface area contributed by atoms with Gasteiger partial charge in [0.05, 0.1) is 16.6 Å². The predicted octanol–water partition coefficient (Wildman–Crippen LogP) is 3.31. The molecule has 0 aliphatic heterocycles. The first-order valence-corrected chi connectivity index (χ1v) is 12.5. The van der Waals surface area contributed by atoms with Gasteiger partial charge in [-0.1, -0.05) is 30.3 Å². The van der Waals surface area contributed by atoms with E-state index in [2.05, 4.69) is 10.4 Å². The number of aliphatic carboxylic acids is 1. The quantitative estimate of drug-likeness (QED) is 0.276. The molecule has 1 amide bonds. The molecule has 5 aromatic rings. The standard InChI is InChI=1S/C28H20F5N5O5/c1-36-9-8-22(39)38(27(36)43)21-7-3-5-15-14(4-2-6-16(15)21)10-20(26(41)42)34-25(40)23-18(29)11-19-17(24(23)30)12-37(35-19)13-28(31,32)33/h2-9,11-12,20H,10,13H2,1H3,(H,34,40)(H,41,42)/t20-/m0/s1. The summed E-state index contributed by atoms with van der Waals surface area (Å²) in [6.45, 7) is -1.58. The Hall–Kier alpha value is -5.34. The fourth-order valence-corrected chi connectivity index (χ4v) is 4.79. The number of fused-ring (bicyclic) bond motifs is 2. The van der Waals surface area contributed by atoms with Crippen LogP contribution in [0, 0.1) is 11.6 Å². The predicted molar refractivity (Wildman–Crippen MR) is 143 cm³/mol. The summed E-state index contributed by atoms with van der Waals surface area (Å²) in [6.07, 6.45) is -3.09. The zero-order valence-electron chi connectivity index (χ0n) is 22.0.